The molecule has 0 radical (unpaired) electrons. The lowest BCUT2D eigenvalue weighted by Gasteiger charge is -2.11. The summed E-state index contributed by atoms with van der Waals surface area (Å²) in [7, 11) is 1.56. The molecule has 0 unspecified atom stereocenters. The number of aromatic nitrogens is 4. The first-order chi connectivity index (χ1) is 21.9. The number of methoxy groups -OCH3 is 1. The van der Waals surface area contributed by atoms with Crippen molar-refractivity contribution in [1.82, 2.24) is 20.3 Å². The lowest BCUT2D eigenvalue weighted by Crippen LogP contribution is -2.12. The number of nitrogens with zero attached hydrogens (tertiary/aromatic N) is 4. The van der Waals surface area contributed by atoms with E-state index in [0.29, 0.717) is 66.3 Å². The molecule has 0 saturated carbocycles. The van der Waals surface area contributed by atoms with Crippen molar-refractivity contribution in [3.05, 3.63) is 88.2 Å². The molecule has 0 saturated heterocycles. The maximum atomic E-state index is 12.5. The Hall–Kier alpha value is -4.17. The van der Waals surface area contributed by atoms with E-state index in [9.17, 15) is 9.59 Å². The van der Waals surface area contributed by atoms with Gasteiger partial charge in [-0.3, -0.25) is 9.59 Å². The molecule has 0 bridgehead atoms. The Labute approximate surface area is 276 Å². The lowest BCUT2D eigenvalue weighted by molar-refractivity contribution is -0.116. The van der Waals surface area contributed by atoms with Gasteiger partial charge in [0.25, 0.3) is 0 Å². The number of rotatable bonds is 14. The summed E-state index contributed by atoms with van der Waals surface area (Å²) in [4.78, 5) is 29.1. The van der Waals surface area contributed by atoms with Crippen molar-refractivity contribution in [3.8, 4) is 22.9 Å². The molecule has 0 aliphatic carbocycles. The SMILES string of the molecule is COc1cc(-c2noc(CCC(=O)Nc3nnc(SCCC(=O)Nc4ccc(Cl)c(Cl)c4)s3)n2)ccc1OCc1ccccc1. The van der Waals surface area contributed by atoms with Crippen LogP contribution in [-0.4, -0.2) is 45.0 Å². The number of aryl methyl sites for hydroxylation is 1. The molecule has 0 atom stereocenters. The van der Waals surface area contributed by atoms with Gasteiger partial charge in [-0.05, 0) is 42.0 Å². The normalized spacial score (nSPS) is 10.8. The zero-order valence-corrected chi connectivity index (χ0v) is 26.9. The van der Waals surface area contributed by atoms with E-state index in [0.717, 1.165) is 5.56 Å². The fraction of sp³-hybridized carbons (Fsp3) is 0.200. The monoisotopic (exact) mass is 684 g/mol. The van der Waals surface area contributed by atoms with Crippen molar-refractivity contribution in [1.29, 1.82) is 0 Å². The van der Waals surface area contributed by atoms with Crippen LogP contribution in [0.5, 0.6) is 11.5 Å². The smallest absolute Gasteiger partial charge is 0.227 e. The number of anilines is 2. The quantitative estimate of drug-likeness (QED) is 0.0913. The number of ether oxygens (including phenoxy) is 2. The minimum atomic E-state index is -0.273. The molecule has 232 valence electrons. The molecule has 2 amide bonds. The van der Waals surface area contributed by atoms with Gasteiger partial charge < -0.3 is 24.6 Å². The third-order valence-electron chi connectivity index (χ3n) is 6.10. The Kier molecular flexibility index (Phi) is 11.3. The van der Waals surface area contributed by atoms with E-state index in [4.69, 9.17) is 37.2 Å². The molecule has 3 aromatic carbocycles. The predicted octanol–water partition coefficient (Wildman–Crippen LogP) is 7.17. The fourth-order valence-electron chi connectivity index (χ4n) is 3.88. The molecule has 0 aliphatic heterocycles. The van der Waals surface area contributed by atoms with Gasteiger partial charge in [0.1, 0.15) is 6.61 Å². The Balaban J connectivity index is 1.05. The second-order valence-corrected chi connectivity index (χ2v) is 12.5. The molecule has 0 aliphatic rings. The van der Waals surface area contributed by atoms with Crippen molar-refractivity contribution < 1.29 is 23.6 Å². The first kappa shape index (κ1) is 32.2. The van der Waals surface area contributed by atoms with Crippen LogP contribution in [0.1, 0.15) is 24.3 Å². The number of nitrogens with one attached hydrogen (secondary N) is 2. The topological polar surface area (TPSA) is 141 Å². The highest BCUT2D eigenvalue weighted by molar-refractivity contribution is 8.01. The van der Waals surface area contributed by atoms with Gasteiger partial charge in [0.05, 0.1) is 17.2 Å². The van der Waals surface area contributed by atoms with E-state index in [2.05, 4.69) is 31.0 Å². The molecular weight excluding hydrogens is 659 g/mol. The molecule has 11 nitrogen and oxygen atoms in total. The van der Waals surface area contributed by atoms with Gasteiger partial charge in [-0.15, -0.1) is 10.2 Å². The number of carbonyl (C=O) groups excluding carboxylic acids is 2. The Bertz CT molecular complexity index is 1770. The summed E-state index contributed by atoms with van der Waals surface area (Å²) in [5.41, 5.74) is 2.29. The average Bonchev–Trinajstić information content (AvgIpc) is 3.71. The molecule has 2 aromatic heterocycles. The summed E-state index contributed by atoms with van der Waals surface area (Å²) in [6.45, 7) is 0.406. The maximum absolute atomic E-state index is 12.5. The largest absolute Gasteiger partial charge is 0.493 e. The van der Waals surface area contributed by atoms with Gasteiger partial charge in [0, 0.05) is 36.3 Å². The Morgan fingerprint density at radius 1 is 0.933 bits per heavy atom. The van der Waals surface area contributed by atoms with Gasteiger partial charge in [-0.25, -0.2) is 0 Å². The number of amides is 2. The minimum Gasteiger partial charge on any atom is -0.493 e. The maximum Gasteiger partial charge on any atom is 0.227 e. The van der Waals surface area contributed by atoms with Crippen LogP contribution in [0.3, 0.4) is 0 Å². The Morgan fingerprint density at radius 3 is 2.56 bits per heavy atom. The summed E-state index contributed by atoms with van der Waals surface area (Å²) in [6, 6.07) is 20.1. The van der Waals surface area contributed by atoms with Gasteiger partial charge in [-0.1, -0.05) is 81.8 Å². The van der Waals surface area contributed by atoms with Crippen LogP contribution in [0.15, 0.2) is 75.6 Å². The second-order valence-electron chi connectivity index (χ2n) is 9.35. The first-order valence-corrected chi connectivity index (χ1v) is 16.1. The lowest BCUT2D eigenvalue weighted by atomic mass is 10.2. The van der Waals surface area contributed by atoms with Gasteiger partial charge in [0.2, 0.25) is 28.7 Å². The van der Waals surface area contributed by atoms with Gasteiger partial charge in [-0.2, -0.15) is 4.98 Å². The van der Waals surface area contributed by atoms with Crippen LogP contribution in [0.25, 0.3) is 11.4 Å². The molecule has 2 heterocycles. The zero-order valence-electron chi connectivity index (χ0n) is 23.8. The van der Waals surface area contributed by atoms with E-state index >= 15 is 0 Å². The van der Waals surface area contributed by atoms with Gasteiger partial charge >= 0.3 is 0 Å². The van der Waals surface area contributed by atoms with E-state index in [-0.39, 0.29) is 31.1 Å². The van der Waals surface area contributed by atoms with E-state index in [1.165, 1.54) is 23.1 Å². The van der Waals surface area contributed by atoms with Crippen molar-refractivity contribution in [2.45, 2.75) is 30.2 Å². The summed E-state index contributed by atoms with van der Waals surface area (Å²) < 4.78 is 17.4. The van der Waals surface area contributed by atoms with Crippen molar-refractivity contribution in [3.63, 3.8) is 0 Å². The molecule has 5 rings (SSSR count). The summed E-state index contributed by atoms with van der Waals surface area (Å²) in [5, 5.41) is 18.8. The first-order valence-electron chi connectivity index (χ1n) is 13.5. The fourth-order valence-corrected chi connectivity index (χ4v) is 5.96. The highest BCUT2D eigenvalue weighted by atomic mass is 35.5. The molecule has 15 heteroatoms. The Morgan fingerprint density at radius 2 is 1.76 bits per heavy atom. The van der Waals surface area contributed by atoms with Gasteiger partial charge in [0.15, 0.2) is 15.8 Å². The van der Waals surface area contributed by atoms with Crippen molar-refractivity contribution in [2.24, 2.45) is 0 Å². The summed E-state index contributed by atoms with van der Waals surface area (Å²) in [5.74, 6) is 1.84. The van der Waals surface area contributed by atoms with Crippen LogP contribution < -0.4 is 20.1 Å². The average molecular weight is 686 g/mol. The van der Waals surface area contributed by atoms with E-state index in [1.807, 2.05) is 36.4 Å². The third kappa shape index (κ3) is 9.41. The molecule has 2 N–H and O–H groups in total. The van der Waals surface area contributed by atoms with E-state index in [1.54, 1.807) is 37.4 Å². The zero-order chi connectivity index (χ0) is 31.6. The van der Waals surface area contributed by atoms with Crippen molar-refractivity contribution >= 4 is 68.9 Å². The summed E-state index contributed by atoms with van der Waals surface area (Å²) in [6.07, 6.45) is 0.591. The molecule has 0 spiro atoms. The molecular formula is C30H26Cl2N6O5S2. The highest BCUT2D eigenvalue weighted by Gasteiger charge is 2.15. The van der Waals surface area contributed by atoms with Crippen LogP contribution in [0.4, 0.5) is 10.8 Å². The van der Waals surface area contributed by atoms with Crippen LogP contribution >= 0.6 is 46.3 Å². The number of hydrogen-bond acceptors (Lipinski definition) is 11. The third-order valence-corrected chi connectivity index (χ3v) is 8.82. The van der Waals surface area contributed by atoms with Crippen molar-refractivity contribution in [2.75, 3.05) is 23.5 Å². The standard InChI is InChI=1S/C30H26Cl2N6O5S2/c1-41-24-15-19(7-10-23(24)42-17-18-5-3-2-4-6-18)28-35-27(43-38-28)12-11-25(39)34-29-36-37-30(45-29)44-14-13-26(40)33-20-8-9-21(31)22(32)16-20/h2-10,15-16H,11-14,17H2,1H3,(H,33,40)(H,34,36,39). The molecule has 5 aromatic rings. The predicted molar refractivity (Wildman–Crippen MR) is 174 cm³/mol. The number of benzene rings is 3. The second kappa shape index (κ2) is 15.7. The summed E-state index contributed by atoms with van der Waals surface area (Å²) >= 11 is 14.5. The highest BCUT2D eigenvalue weighted by Crippen LogP contribution is 2.32. The number of hydrogen-bond donors (Lipinski definition) is 2. The number of thioether (sulfide) groups is 1. The molecule has 0 fully saturated rings. The van der Waals surface area contributed by atoms with Crippen LogP contribution in [0.2, 0.25) is 10.0 Å². The van der Waals surface area contributed by atoms with Crippen LogP contribution in [-0.2, 0) is 22.6 Å². The minimum absolute atomic E-state index is 0.105. The van der Waals surface area contributed by atoms with E-state index < -0.39 is 0 Å². The number of halogens is 2. The number of carbonyl (C=O) groups is 2. The van der Waals surface area contributed by atoms with Crippen LogP contribution in [0, 0.1) is 0 Å². The molecule has 45 heavy (non-hydrogen) atoms.